The number of methoxy groups -OCH3 is 2. The van der Waals surface area contributed by atoms with Gasteiger partial charge in [-0.1, -0.05) is 12.1 Å². The molecule has 2 heterocycles. The number of carbonyl (C=O) groups is 2. The molecule has 1 fully saturated rings. The Balaban J connectivity index is 1.55. The fourth-order valence-corrected chi connectivity index (χ4v) is 5.30. The summed E-state index contributed by atoms with van der Waals surface area (Å²) in [7, 11) is 3.07. The molecule has 0 bridgehead atoms. The fraction of sp³-hybridized carbons (Fsp3) is 0.379. The van der Waals surface area contributed by atoms with Crippen molar-refractivity contribution in [1.82, 2.24) is 9.80 Å². The molecule has 0 spiro atoms. The summed E-state index contributed by atoms with van der Waals surface area (Å²) >= 11 is 1.58. The molecule has 8 nitrogen and oxygen atoms in total. The van der Waals surface area contributed by atoms with Crippen LogP contribution in [-0.2, 0) is 22.6 Å². The molecule has 1 aliphatic rings. The normalized spacial score (nSPS) is 14.6. The predicted octanol–water partition coefficient (Wildman–Crippen LogP) is 5.45. The number of rotatable bonds is 11. The number of carbonyl (C=O) groups excluding carboxylic acids is 2. The molecule has 1 saturated heterocycles. The summed E-state index contributed by atoms with van der Waals surface area (Å²) in [6, 6.07) is 12.8. The third-order valence-electron chi connectivity index (χ3n) is 6.61. The smallest absolute Gasteiger partial charge is 0.322 e. The minimum absolute atomic E-state index is 0.140. The Bertz CT molecular complexity index is 1240. The van der Waals surface area contributed by atoms with Gasteiger partial charge < -0.3 is 29.3 Å². The van der Waals surface area contributed by atoms with Crippen LogP contribution in [0.2, 0.25) is 0 Å². The van der Waals surface area contributed by atoms with Crippen molar-refractivity contribution in [2.24, 2.45) is 0 Å². The molecular formula is C29H34FN3O5S. The van der Waals surface area contributed by atoms with Gasteiger partial charge in [-0.05, 0) is 54.5 Å². The highest BCUT2D eigenvalue weighted by molar-refractivity contribution is 7.10. The number of nitrogens with one attached hydrogen (secondary N) is 1. The van der Waals surface area contributed by atoms with E-state index in [1.54, 1.807) is 46.6 Å². The Labute approximate surface area is 232 Å². The number of thiophene rings is 1. The van der Waals surface area contributed by atoms with Crippen LogP contribution in [0.5, 0.6) is 11.5 Å². The summed E-state index contributed by atoms with van der Waals surface area (Å²) in [6.07, 6.45) is 1.59. The van der Waals surface area contributed by atoms with E-state index in [2.05, 4.69) is 5.32 Å². The standard InChI is InChI=1S/C29H34FN3O5S/c1-20-10-12-39-27(20)18-32(16-21-6-8-22(30)9-7-21)28(34)19-33(17-24-5-4-11-38-24)29(35)31-23-13-25(36-2)15-26(14-23)37-3/h6-10,12-15,24H,4-5,11,16-19H2,1-3H3,(H,31,35)/t24-/m1/s1. The third-order valence-corrected chi connectivity index (χ3v) is 7.61. The first-order valence-electron chi connectivity index (χ1n) is 12.8. The van der Waals surface area contributed by atoms with Crippen molar-refractivity contribution in [2.75, 3.05) is 39.2 Å². The van der Waals surface area contributed by atoms with Crippen LogP contribution in [0, 0.1) is 12.7 Å². The summed E-state index contributed by atoms with van der Waals surface area (Å²) < 4.78 is 29.9. The molecule has 2 aromatic carbocycles. The Morgan fingerprint density at radius 2 is 1.77 bits per heavy atom. The minimum Gasteiger partial charge on any atom is -0.497 e. The lowest BCUT2D eigenvalue weighted by Crippen LogP contribution is -2.46. The van der Waals surface area contributed by atoms with Crippen molar-refractivity contribution in [2.45, 2.75) is 39.0 Å². The van der Waals surface area contributed by atoms with Crippen molar-refractivity contribution in [3.05, 3.63) is 75.7 Å². The number of amides is 3. The zero-order valence-electron chi connectivity index (χ0n) is 22.4. The highest BCUT2D eigenvalue weighted by Gasteiger charge is 2.27. The van der Waals surface area contributed by atoms with Crippen LogP contribution in [0.3, 0.4) is 0 Å². The summed E-state index contributed by atoms with van der Waals surface area (Å²) in [4.78, 5) is 31.5. The van der Waals surface area contributed by atoms with Crippen LogP contribution in [-0.4, -0.2) is 61.8 Å². The van der Waals surface area contributed by atoms with Crippen LogP contribution >= 0.6 is 11.3 Å². The second kappa shape index (κ2) is 13.4. The highest BCUT2D eigenvalue weighted by atomic mass is 32.1. The number of halogens is 1. The molecule has 10 heteroatoms. The maximum atomic E-state index is 13.7. The van der Waals surface area contributed by atoms with E-state index in [1.807, 2.05) is 18.4 Å². The van der Waals surface area contributed by atoms with E-state index in [4.69, 9.17) is 14.2 Å². The van der Waals surface area contributed by atoms with Gasteiger partial charge in [0.1, 0.15) is 23.9 Å². The Kier molecular flexibility index (Phi) is 9.78. The molecule has 1 atom stereocenters. The molecule has 208 valence electrons. The number of anilines is 1. The third kappa shape index (κ3) is 7.93. The zero-order chi connectivity index (χ0) is 27.8. The van der Waals surface area contributed by atoms with E-state index in [-0.39, 0.29) is 30.9 Å². The van der Waals surface area contributed by atoms with Crippen LogP contribution in [0.1, 0.15) is 28.8 Å². The van der Waals surface area contributed by atoms with Gasteiger partial charge in [0.2, 0.25) is 5.91 Å². The van der Waals surface area contributed by atoms with E-state index < -0.39 is 6.03 Å². The van der Waals surface area contributed by atoms with Gasteiger partial charge in [-0.25, -0.2) is 9.18 Å². The molecule has 0 aliphatic carbocycles. The van der Waals surface area contributed by atoms with Gasteiger partial charge in [-0.3, -0.25) is 4.79 Å². The van der Waals surface area contributed by atoms with Crippen molar-refractivity contribution >= 4 is 29.0 Å². The molecule has 0 saturated carbocycles. The molecule has 0 radical (unpaired) electrons. The minimum atomic E-state index is -0.428. The van der Waals surface area contributed by atoms with E-state index >= 15 is 0 Å². The Hall–Kier alpha value is -3.63. The van der Waals surface area contributed by atoms with Crippen LogP contribution in [0.4, 0.5) is 14.9 Å². The topological polar surface area (TPSA) is 80.3 Å². The number of hydrogen-bond donors (Lipinski definition) is 1. The van der Waals surface area contributed by atoms with Crippen molar-refractivity contribution < 1.29 is 28.2 Å². The molecule has 1 N–H and O–H groups in total. The Morgan fingerprint density at radius 1 is 1.05 bits per heavy atom. The summed E-state index contributed by atoms with van der Waals surface area (Å²) in [5.41, 5.74) is 2.38. The lowest BCUT2D eigenvalue weighted by molar-refractivity contribution is -0.133. The van der Waals surface area contributed by atoms with Crippen LogP contribution in [0.25, 0.3) is 0 Å². The first-order chi connectivity index (χ1) is 18.8. The van der Waals surface area contributed by atoms with Gasteiger partial charge >= 0.3 is 6.03 Å². The predicted molar refractivity (Wildman–Crippen MR) is 149 cm³/mol. The lowest BCUT2D eigenvalue weighted by Gasteiger charge is -2.29. The second-order valence-electron chi connectivity index (χ2n) is 9.45. The molecule has 4 rings (SSSR count). The zero-order valence-corrected chi connectivity index (χ0v) is 23.3. The van der Waals surface area contributed by atoms with Gasteiger partial charge in [0.15, 0.2) is 0 Å². The number of ether oxygens (including phenoxy) is 3. The van der Waals surface area contributed by atoms with Crippen LogP contribution in [0.15, 0.2) is 53.9 Å². The molecule has 3 aromatic rings. The summed E-state index contributed by atoms with van der Waals surface area (Å²) in [5.74, 6) is 0.509. The molecule has 3 amide bonds. The van der Waals surface area contributed by atoms with Gasteiger partial charge in [-0.15, -0.1) is 11.3 Å². The van der Waals surface area contributed by atoms with E-state index in [0.717, 1.165) is 28.8 Å². The Morgan fingerprint density at radius 3 is 2.36 bits per heavy atom. The van der Waals surface area contributed by atoms with Crippen LogP contribution < -0.4 is 14.8 Å². The number of hydrogen-bond acceptors (Lipinski definition) is 6. The maximum Gasteiger partial charge on any atom is 0.322 e. The van der Waals surface area contributed by atoms with E-state index in [1.165, 1.54) is 31.3 Å². The number of benzene rings is 2. The van der Waals surface area contributed by atoms with Crippen molar-refractivity contribution in [3.63, 3.8) is 0 Å². The van der Waals surface area contributed by atoms with E-state index in [9.17, 15) is 14.0 Å². The van der Waals surface area contributed by atoms with Crippen molar-refractivity contribution in [1.29, 1.82) is 0 Å². The molecule has 1 aliphatic heterocycles. The van der Waals surface area contributed by atoms with Gasteiger partial charge in [-0.2, -0.15) is 0 Å². The second-order valence-corrected chi connectivity index (χ2v) is 10.5. The first-order valence-corrected chi connectivity index (χ1v) is 13.7. The monoisotopic (exact) mass is 555 g/mol. The highest BCUT2D eigenvalue weighted by Crippen LogP contribution is 2.26. The maximum absolute atomic E-state index is 13.7. The largest absolute Gasteiger partial charge is 0.497 e. The molecule has 0 unspecified atom stereocenters. The van der Waals surface area contributed by atoms with Crippen molar-refractivity contribution in [3.8, 4) is 11.5 Å². The number of urea groups is 1. The van der Waals surface area contributed by atoms with Gasteiger partial charge in [0, 0.05) is 48.5 Å². The number of nitrogens with zero attached hydrogens (tertiary/aromatic N) is 2. The molecule has 39 heavy (non-hydrogen) atoms. The summed E-state index contributed by atoms with van der Waals surface area (Å²) in [5, 5.41) is 4.87. The number of aryl methyl sites for hydroxylation is 1. The average molecular weight is 556 g/mol. The van der Waals surface area contributed by atoms with Gasteiger partial charge in [0.25, 0.3) is 0 Å². The molecular weight excluding hydrogens is 521 g/mol. The molecule has 1 aromatic heterocycles. The summed E-state index contributed by atoms with van der Waals surface area (Å²) in [6.45, 7) is 3.46. The van der Waals surface area contributed by atoms with E-state index in [0.29, 0.717) is 36.9 Å². The first kappa shape index (κ1) is 28.4. The quantitative estimate of drug-likeness (QED) is 0.340. The lowest BCUT2D eigenvalue weighted by atomic mass is 10.2. The average Bonchev–Trinajstić information content (AvgIpc) is 3.60. The fourth-order valence-electron chi connectivity index (χ4n) is 4.38. The van der Waals surface area contributed by atoms with Gasteiger partial charge in [0.05, 0.1) is 26.9 Å². The SMILES string of the molecule is COc1cc(NC(=O)N(CC(=O)N(Cc2ccc(F)cc2)Cc2sccc2C)C[C@H]2CCCO2)cc(OC)c1.